The number of amides is 1. The highest BCUT2D eigenvalue weighted by atomic mass is 16.5. The first-order valence-corrected chi connectivity index (χ1v) is 9.61. The third-order valence-corrected chi connectivity index (χ3v) is 4.22. The van der Waals surface area contributed by atoms with Crippen molar-refractivity contribution in [3.63, 3.8) is 0 Å². The maximum absolute atomic E-state index is 12.2. The quantitative estimate of drug-likeness (QED) is 0.258. The summed E-state index contributed by atoms with van der Waals surface area (Å²) in [5.41, 5.74) is 4.09. The van der Waals surface area contributed by atoms with Crippen LogP contribution in [0.5, 0.6) is 17.2 Å². The van der Waals surface area contributed by atoms with Crippen LogP contribution in [0.4, 0.5) is 0 Å². The number of benzene rings is 3. The van der Waals surface area contributed by atoms with E-state index in [-0.39, 0.29) is 5.91 Å². The van der Waals surface area contributed by atoms with Crippen molar-refractivity contribution in [2.75, 3.05) is 13.7 Å². The van der Waals surface area contributed by atoms with E-state index in [9.17, 15) is 9.59 Å². The van der Waals surface area contributed by atoms with E-state index < -0.39 is 5.97 Å². The minimum atomic E-state index is -0.462. The van der Waals surface area contributed by atoms with E-state index in [4.69, 9.17) is 14.2 Å². The number of nitrogens with one attached hydrogen (secondary N) is 1. The Morgan fingerprint density at radius 3 is 2.03 bits per heavy atom. The number of hydrogen-bond acceptors (Lipinski definition) is 6. The van der Waals surface area contributed by atoms with Crippen molar-refractivity contribution in [3.8, 4) is 17.2 Å². The maximum atomic E-state index is 12.2. The number of esters is 1. The lowest BCUT2D eigenvalue weighted by atomic mass is 10.2. The topological polar surface area (TPSA) is 86.2 Å². The average molecular weight is 418 g/mol. The lowest BCUT2D eigenvalue weighted by molar-refractivity contribution is 0.0734. The standard InChI is InChI=1S/C24H22N2O5/c1-3-30-21-14-8-19(9-15-21)24(28)31-22-10-4-17(5-11-22)16-25-26-23(27)18-6-12-20(29-2)13-7-18/h4-16H,3H2,1-2H3,(H,26,27)/b25-16-. The Morgan fingerprint density at radius 1 is 0.839 bits per heavy atom. The Balaban J connectivity index is 1.53. The molecule has 31 heavy (non-hydrogen) atoms. The highest BCUT2D eigenvalue weighted by Crippen LogP contribution is 2.16. The lowest BCUT2D eigenvalue weighted by Gasteiger charge is -2.06. The summed E-state index contributed by atoms with van der Waals surface area (Å²) >= 11 is 0. The van der Waals surface area contributed by atoms with Crippen LogP contribution in [0.3, 0.4) is 0 Å². The molecule has 0 bridgehead atoms. The Kier molecular flexibility index (Phi) is 7.37. The number of nitrogens with zero attached hydrogens (tertiary/aromatic N) is 1. The van der Waals surface area contributed by atoms with Gasteiger partial charge in [0.05, 0.1) is 25.5 Å². The summed E-state index contributed by atoms with van der Waals surface area (Å²) in [6, 6.07) is 20.2. The number of ether oxygens (including phenoxy) is 3. The van der Waals surface area contributed by atoms with Crippen molar-refractivity contribution < 1.29 is 23.8 Å². The summed E-state index contributed by atoms with van der Waals surface area (Å²) in [4.78, 5) is 24.3. The lowest BCUT2D eigenvalue weighted by Crippen LogP contribution is -2.17. The van der Waals surface area contributed by atoms with Crippen LogP contribution in [0.2, 0.25) is 0 Å². The van der Waals surface area contributed by atoms with Gasteiger partial charge in [0.25, 0.3) is 5.91 Å². The van der Waals surface area contributed by atoms with Crippen LogP contribution in [0.25, 0.3) is 0 Å². The molecular formula is C24H22N2O5. The molecule has 7 nitrogen and oxygen atoms in total. The Morgan fingerprint density at radius 2 is 1.42 bits per heavy atom. The minimum Gasteiger partial charge on any atom is -0.497 e. The molecule has 3 aromatic rings. The van der Waals surface area contributed by atoms with Crippen molar-refractivity contribution in [1.82, 2.24) is 5.43 Å². The van der Waals surface area contributed by atoms with Crippen LogP contribution < -0.4 is 19.6 Å². The van der Waals surface area contributed by atoms with Crippen LogP contribution in [0, 0.1) is 0 Å². The van der Waals surface area contributed by atoms with Gasteiger partial charge in [0.1, 0.15) is 17.2 Å². The molecule has 0 saturated carbocycles. The van der Waals surface area contributed by atoms with Gasteiger partial charge in [-0.2, -0.15) is 5.10 Å². The third kappa shape index (κ3) is 6.17. The molecule has 1 amide bonds. The van der Waals surface area contributed by atoms with E-state index in [1.165, 1.54) is 6.21 Å². The first-order chi connectivity index (χ1) is 15.1. The number of hydrogen-bond donors (Lipinski definition) is 1. The van der Waals surface area contributed by atoms with Crippen LogP contribution in [0.15, 0.2) is 77.9 Å². The van der Waals surface area contributed by atoms with Crippen LogP contribution in [-0.2, 0) is 0 Å². The van der Waals surface area contributed by atoms with Gasteiger partial charge in [0.15, 0.2) is 0 Å². The predicted octanol–water partition coefficient (Wildman–Crippen LogP) is 4.08. The van der Waals surface area contributed by atoms with Crippen LogP contribution in [-0.4, -0.2) is 31.8 Å². The van der Waals surface area contributed by atoms with Crippen LogP contribution in [0.1, 0.15) is 33.2 Å². The molecule has 1 N–H and O–H groups in total. The number of rotatable bonds is 8. The fourth-order valence-electron chi connectivity index (χ4n) is 2.61. The van der Waals surface area contributed by atoms with Gasteiger partial charge in [-0.1, -0.05) is 0 Å². The molecule has 0 unspecified atom stereocenters. The zero-order valence-electron chi connectivity index (χ0n) is 17.2. The summed E-state index contributed by atoms with van der Waals surface area (Å²) in [7, 11) is 1.56. The van der Waals surface area contributed by atoms with Crippen molar-refractivity contribution in [1.29, 1.82) is 0 Å². The molecule has 3 rings (SSSR count). The first-order valence-electron chi connectivity index (χ1n) is 9.61. The second kappa shape index (κ2) is 10.6. The van der Waals surface area contributed by atoms with Gasteiger partial charge in [-0.15, -0.1) is 0 Å². The largest absolute Gasteiger partial charge is 0.497 e. The second-order valence-electron chi connectivity index (χ2n) is 6.34. The van der Waals surface area contributed by atoms with Crippen molar-refractivity contribution in [2.24, 2.45) is 5.10 Å². The first kappa shape index (κ1) is 21.6. The number of methoxy groups -OCH3 is 1. The SMILES string of the molecule is CCOc1ccc(C(=O)Oc2ccc(/C=N\NC(=O)c3ccc(OC)cc3)cc2)cc1. The zero-order valence-corrected chi connectivity index (χ0v) is 17.2. The molecule has 0 radical (unpaired) electrons. The predicted molar refractivity (Wildman–Crippen MR) is 117 cm³/mol. The highest BCUT2D eigenvalue weighted by molar-refractivity contribution is 5.95. The third-order valence-electron chi connectivity index (χ3n) is 4.22. The number of carbonyl (C=O) groups is 2. The molecule has 0 heterocycles. The monoisotopic (exact) mass is 418 g/mol. The van der Waals surface area contributed by atoms with Crippen molar-refractivity contribution >= 4 is 18.1 Å². The van der Waals surface area contributed by atoms with Crippen molar-refractivity contribution in [2.45, 2.75) is 6.92 Å². The molecule has 0 aromatic heterocycles. The minimum absolute atomic E-state index is 0.334. The van der Waals surface area contributed by atoms with Gasteiger partial charge < -0.3 is 14.2 Å². The molecule has 7 heteroatoms. The maximum Gasteiger partial charge on any atom is 0.343 e. The van der Waals surface area contributed by atoms with Gasteiger partial charge in [-0.05, 0) is 85.3 Å². The summed E-state index contributed by atoms with van der Waals surface area (Å²) in [5, 5.41) is 3.95. The van der Waals surface area contributed by atoms with Gasteiger partial charge in [-0.25, -0.2) is 10.2 Å². The average Bonchev–Trinajstić information content (AvgIpc) is 2.81. The summed E-state index contributed by atoms with van der Waals surface area (Å²) in [5.74, 6) is 0.972. The molecule has 0 aliphatic rings. The molecule has 0 saturated heterocycles. The van der Waals surface area contributed by atoms with Crippen molar-refractivity contribution in [3.05, 3.63) is 89.5 Å². The Labute approximate surface area is 180 Å². The molecule has 0 aliphatic heterocycles. The Hall–Kier alpha value is -4.13. The normalized spacial score (nSPS) is 10.5. The summed E-state index contributed by atoms with van der Waals surface area (Å²) < 4.78 is 15.8. The van der Waals surface area contributed by atoms with E-state index in [2.05, 4.69) is 10.5 Å². The summed E-state index contributed by atoms with van der Waals surface area (Å²) in [6.07, 6.45) is 1.50. The van der Waals surface area contributed by atoms with E-state index >= 15 is 0 Å². The van der Waals surface area contributed by atoms with E-state index in [1.54, 1.807) is 79.9 Å². The van der Waals surface area contributed by atoms with Crippen LogP contribution >= 0.6 is 0 Å². The van der Waals surface area contributed by atoms with E-state index in [0.717, 1.165) is 5.56 Å². The fraction of sp³-hybridized carbons (Fsp3) is 0.125. The number of carbonyl (C=O) groups excluding carboxylic acids is 2. The van der Waals surface area contributed by atoms with Gasteiger partial charge in [0, 0.05) is 5.56 Å². The number of hydrazone groups is 1. The van der Waals surface area contributed by atoms with Gasteiger partial charge >= 0.3 is 5.97 Å². The van der Waals surface area contributed by atoms with E-state index in [0.29, 0.717) is 35.0 Å². The molecule has 0 atom stereocenters. The molecule has 0 aliphatic carbocycles. The molecule has 158 valence electrons. The highest BCUT2D eigenvalue weighted by Gasteiger charge is 2.09. The molecule has 0 spiro atoms. The Bertz CT molecular complexity index is 1040. The van der Waals surface area contributed by atoms with E-state index in [1.807, 2.05) is 6.92 Å². The molecule has 0 fully saturated rings. The summed E-state index contributed by atoms with van der Waals surface area (Å²) in [6.45, 7) is 2.45. The molecule has 3 aromatic carbocycles. The fourth-order valence-corrected chi connectivity index (χ4v) is 2.61. The van der Waals surface area contributed by atoms with Gasteiger partial charge in [-0.3, -0.25) is 4.79 Å². The zero-order chi connectivity index (χ0) is 22.1. The molecular weight excluding hydrogens is 396 g/mol. The van der Waals surface area contributed by atoms with Gasteiger partial charge in [0.2, 0.25) is 0 Å². The second-order valence-corrected chi connectivity index (χ2v) is 6.34. The smallest absolute Gasteiger partial charge is 0.343 e.